The highest BCUT2D eigenvalue weighted by molar-refractivity contribution is 6.04. The second-order valence-electron chi connectivity index (χ2n) is 7.11. The minimum atomic E-state index is -0.554. The van der Waals surface area contributed by atoms with Crippen molar-refractivity contribution in [3.05, 3.63) is 35.2 Å². The monoisotopic (exact) mass is 382 g/mol. The number of carbonyl (C=O) groups excluding carboxylic acids is 2. The van der Waals surface area contributed by atoms with E-state index in [1.165, 1.54) is 0 Å². The van der Waals surface area contributed by atoms with Gasteiger partial charge in [-0.15, -0.1) is 0 Å². The van der Waals surface area contributed by atoms with Gasteiger partial charge in [0.1, 0.15) is 17.0 Å². The van der Waals surface area contributed by atoms with Gasteiger partial charge >= 0.3 is 0 Å². The van der Waals surface area contributed by atoms with Gasteiger partial charge in [-0.1, -0.05) is 6.92 Å². The number of aromatic nitrogens is 4. The predicted octanol–water partition coefficient (Wildman–Crippen LogP) is 1.94. The average Bonchev–Trinajstić information content (AvgIpc) is 3.14. The van der Waals surface area contributed by atoms with E-state index in [0.29, 0.717) is 48.2 Å². The summed E-state index contributed by atoms with van der Waals surface area (Å²) in [5.41, 5.74) is 8.29. The quantitative estimate of drug-likeness (QED) is 0.715. The molecule has 3 aromatic rings. The van der Waals surface area contributed by atoms with Crippen molar-refractivity contribution in [3.63, 3.8) is 0 Å². The first-order valence-electron chi connectivity index (χ1n) is 9.20. The third kappa shape index (κ3) is 2.98. The molecule has 0 fully saturated rings. The Kier molecular flexibility index (Phi) is 4.29. The Labute approximate surface area is 161 Å². The molecular formula is C19H22N6O3. The number of anilines is 1. The number of nitrogens with two attached hydrogens (primary N) is 1. The van der Waals surface area contributed by atoms with Crippen LogP contribution in [0, 0.1) is 12.8 Å². The zero-order valence-electron chi connectivity index (χ0n) is 16.0. The van der Waals surface area contributed by atoms with Crippen molar-refractivity contribution in [1.29, 1.82) is 0 Å². The Bertz CT molecular complexity index is 1100. The molecule has 2 aromatic heterocycles. The number of hydrogen-bond donors (Lipinski definition) is 2. The summed E-state index contributed by atoms with van der Waals surface area (Å²) in [6, 6.07) is 4.99. The number of carbonyl (C=O) groups is 2. The smallest absolute Gasteiger partial charge is 0.276 e. The standard InChI is InChI=1S/C19H22N6O3/c1-4-25-14(5-11(3)23-25)18(27)22-19-21-13-6-12(17(20)26)7-15-16(13)24(19)8-10(2)9-28-15/h5-7,10H,4,8-9H2,1-3H3,(H2,20,26)(H,21,22,27)/t10-/m1/s1. The minimum absolute atomic E-state index is 0.195. The van der Waals surface area contributed by atoms with E-state index < -0.39 is 5.91 Å². The van der Waals surface area contributed by atoms with Crippen LogP contribution in [0.2, 0.25) is 0 Å². The van der Waals surface area contributed by atoms with Crippen LogP contribution in [0.4, 0.5) is 5.95 Å². The highest BCUT2D eigenvalue weighted by atomic mass is 16.5. The van der Waals surface area contributed by atoms with Gasteiger partial charge < -0.3 is 15.0 Å². The van der Waals surface area contributed by atoms with E-state index in [1.807, 2.05) is 25.3 Å². The largest absolute Gasteiger partial charge is 0.491 e. The van der Waals surface area contributed by atoms with E-state index >= 15 is 0 Å². The molecule has 0 saturated carbocycles. The average molecular weight is 382 g/mol. The second kappa shape index (κ2) is 6.66. The number of rotatable bonds is 4. The van der Waals surface area contributed by atoms with Crippen molar-refractivity contribution in [2.75, 3.05) is 11.9 Å². The zero-order valence-corrected chi connectivity index (χ0v) is 16.0. The van der Waals surface area contributed by atoms with E-state index in [-0.39, 0.29) is 11.8 Å². The van der Waals surface area contributed by atoms with Crippen molar-refractivity contribution >= 4 is 28.8 Å². The highest BCUT2D eigenvalue weighted by Gasteiger charge is 2.24. The molecule has 3 heterocycles. The fraction of sp³-hybridized carbons (Fsp3) is 0.368. The molecule has 0 unspecified atom stereocenters. The van der Waals surface area contributed by atoms with E-state index in [4.69, 9.17) is 10.5 Å². The van der Waals surface area contributed by atoms with Crippen LogP contribution in [0.5, 0.6) is 5.75 Å². The van der Waals surface area contributed by atoms with Gasteiger partial charge in [0.25, 0.3) is 5.91 Å². The molecule has 146 valence electrons. The number of nitrogens with zero attached hydrogens (tertiary/aromatic N) is 4. The van der Waals surface area contributed by atoms with E-state index in [0.717, 1.165) is 11.2 Å². The molecule has 0 spiro atoms. The predicted molar refractivity (Wildman–Crippen MR) is 104 cm³/mol. The van der Waals surface area contributed by atoms with Crippen LogP contribution in [0.1, 0.15) is 40.4 Å². The summed E-state index contributed by atoms with van der Waals surface area (Å²) < 4.78 is 9.44. The van der Waals surface area contributed by atoms with Gasteiger partial charge in [-0.25, -0.2) is 4.98 Å². The maximum Gasteiger partial charge on any atom is 0.276 e. The van der Waals surface area contributed by atoms with Gasteiger partial charge in [0.15, 0.2) is 0 Å². The van der Waals surface area contributed by atoms with Crippen LogP contribution in [-0.4, -0.2) is 37.8 Å². The Balaban J connectivity index is 1.80. The molecule has 28 heavy (non-hydrogen) atoms. The second-order valence-corrected chi connectivity index (χ2v) is 7.11. The lowest BCUT2D eigenvalue weighted by Gasteiger charge is -2.12. The maximum atomic E-state index is 12.9. The van der Waals surface area contributed by atoms with Crippen LogP contribution in [-0.2, 0) is 13.1 Å². The molecule has 3 N–H and O–H groups in total. The first-order chi connectivity index (χ1) is 13.4. The number of amides is 2. The summed E-state index contributed by atoms with van der Waals surface area (Å²) in [6.45, 7) is 7.53. The van der Waals surface area contributed by atoms with Crippen molar-refractivity contribution in [1.82, 2.24) is 19.3 Å². The van der Waals surface area contributed by atoms with E-state index in [2.05, 4.69) is 15.4 Å². The lowest BCUT2D eigenvalue weighted by atomic mass is 10.1. The van der Waals surface area contributed by atoms with E-state index in [9.17, 15) is 9.59 Å². The van der Waals surface area contributed by atoms with Crippen LogP contribution < -0.4 is 15.8 Å². The molecule has 0 bridgehead atoms. The molecule has 0 saturated heterocycles. The van der Waals surface area contributed by atoms with Crippen LogP contribution in [0.15, 0.2) is 18.2 Å². The number of imidazole rings is 1. The topological polar surface area (TPSA) is 117 Å². The molecule has 0 aliphatic carbocycles. The molecule has 2 amide bonds. The summed E-state index contributed by atoms with van der Waals surface area (Å²) in [4.78, 5) is 29.1. The zero-order chi connectivity index (χ0) is 20.0. The fourth-order valence-electron chi connectivity index (χ4n) is 3.49. The number of ether oxygens (including phenoxy) is 1. The Hall–Kier alpha value is -3.36. The number of hydrogen-bond acceptors (Lipinski definition) is 5. The summed E-state index contributed by atoms with van der Waals surface area (Å²) in [5, 5.41) is 7.21. The molecule has 1 aliphatic heterocycles. The number of benzene rings is 1. The summed E-state index contributed by atoms with van der Waals surface area (Å²) in [6.07, 6.45) is 0. The van der Waals surface area contributed by atoms with Crippen molar-refractivity contribution in [3.8, 4) is 5.75 Å². The minimum Gasteiger partial charge on any atom is -0.491 e. The molecule has 1 aliphatic rings. The molecule has 9 heteroatoms. The highest BCUT2D eigenvalue weighted by Crippen LogP contribution is 2.34. The maximum absolute atomic E-state index is 12.9. The Morgan fingerprint density at radius 3 is 2.86 bits per heavy atom. The van der Waals surface area contributed by atoms with Crippen molar-refractivity contribution in [2.45, 2.75) is 33.9 Å². The van der Waals surface area contributed by atoms with Crippen molar-refractivity contribution < 1.29 is 14.3 Å². The van der Waals surface area contributed by atoms with Gasteiger partial charge in [-0.3, -0.25) is 19.6 Å². The number of nitrogens with one attached hydrogen (secondary N) is 1. The normalized spacial score (nSPS) is 15.9. The number of aryl methyl sites for hydroxylation is 2. The summed E-state index contributed by atoms with van der Waals surface area (Å²) in [5.74, 6) is 0.297. The fourth-order valence-corrected chi connectivity index (χ4v) is 3.49. The molecular weight excluding hydrogens is 360 g/mol. The van der Waals surface area contributed by atoms with E-state index in [1.54, 1.807) is 22.9 Å². The lowest BCUT2D eigenvalue weighted by molar-refractivity contribution is 0.0995. The molecule has 1 atom stereocenters. The Morgan fingerprint density at radius 2 is 2.14 bits per heavy atom. The SMILES string of the molecule is CCn1nc(C)cc1C(=O)Nc1nc2cc(C(N)=O)cc3c2n1C[C@@H](C)CO3. The summed E-state index contributed by atoms with van der Waals surface area (Å²) in [7, 11) is 0. The van der Waals surface area contributed by atoms with Gasteiger partial charge in [0.05, 0.1) is 17.8 Å². The van der Waals surface area contributed by atoms with Crippen LogP contribution in [0.3, 0.4) is 0 Å². The first-order valence-corrected chi connectivity index (χ1v) is 9.20. The molecule has 4 rings (SSSR count). The van der Waals surface area contributed by atoms with Crippen molar-refractivity contribution in [2.24, 2.45) is 11.7 Å². The number of primary amides is 1. The summed E-state index contributed by atoms with van der Waals surface area (Å²) >= 11 is 0. The van der Waals surface area contributed by atoms with Crippen LogP contribution in [0.25, 0.3) is 11.0 Å². The van der Waals surface area contributed by atoms with Crippen LogP contribution >= 0.6 is 0 Å². The third-order valence-electron chi connectivity index (χ3n) is 4.77. The third-order valence-corrected chi connectivity index (χ3v) is 4.77. The molecule has 9 nitrogen and oxygen atoms in total. The lowest BCUT2D eigenvalue weighted by Crippen LogP contribution is -2.21. The van der Waals surface area contributed by atoms with Gasteiger partial charge in [0.2, 0.25) is 11.9 Å². The van der Waals surface area contributed by atoms with Gasteiger partial charge in [-0.2, -0.15) is 5.10 Å². The van der Waals surface area contributed by atoms with Gasteiger partial charge in [-0.05, 0) is 32.0 Å². The first kappa shape index (κ1) is 18.0. The molecule has 0 radical (unpaired) electrons. The Morgan fingerprint density at radius 1 is 1.36 bits per heavy atom. The molecule has 1 aromatic carbocycles. The van der Waals surface area contributed by atoms with Gasteiger partial charge in [0, 0.05) is 24.6 Å².